The molecular formula is C12H17N3O2. The SMILES string of the molecule is CCC(C)C(N)Cn1c(=O)oc2cccnc21. The third kappa shape index (κ3) is 2.24. The van der Waals surface area contributed by atoms with Crippen LogP contribution in [0.5, 0.6) is 0 Å². The van der Waals surface area contributed by atoms with Gasteiger partial charge in [-0.05, 0) is 18.1 Å². The van der Waals surface area contributed by atoms with Crippen molar-refractivity contribution >= 4 is 11.2 Å². The lowest BCUT2D eigenvalue weighted by Crippen LogP contribution is -2.35. The molecule has 0 amide bonds. The quantitative estimate of drug-likeness (QED) is 0.868. The van der Waals surface area contributed by atoms with Gasteiger partial charge in [0.1, 0.15) is 0 Å². The normalized spacial score (nSPS) is 15.0. The lowest BCUT2D eigenvalue weighted by molar-refractivity contribution is 0.382. The average molecular weight is 235 g/mol. The molecule has 2 rings (SSSR count). The number of hydrogen-bond acceptors (Lipinski definition) is 4. The molecule has 2 aromatic heterocycles. The Labute approximate surface area is 99.2 Å². The highest BCUT2D eigenvalue weighted by molar-refractivity contribution is 5.67. The Morgan fingerprint density at radius 1 is 1.59 bits per heavy atom. The van der Waals surface area contributed by atoms with Crippen molar-refractivity contribution in [3.8, 4) is 0 Å². The van der Waals surface area contributed by atoms with E-state index >= 15 is 0 Å². The minimum absolute atomic E-state index is 0.0690. The smallest absolute Gasteiger partial charge is 0.406 e. The van der Waals surface area contributed by atoms with Crippen molar-refractivity contribution in [3.63, 3.8) is 0 Å². The monoisotopic (exact) mass is 235 g/mol. The zero-order valence-corrected chi connectivity index (χ0v) is 10.1. The standard InChI is InChI=1S/C12H17N3O2/c1-3-8(2)9(13)7-15-11-10(17-12(15)16)5-4-6-14-11/h4-6,8-9H,3,7,13H2,1-2H3. The largest absolute Gasteiger partial charge is 0.421 e. The number of pyridine rings is 1. The summed E-state index contributed by atoms with van der Waals surface area (Å²) in [5.41, 5.74) is 7.12. The Bertz CT molecular complexity index is 558. The number of fused-ring (bicyclic) bond motifs is 1. The summed E-state index contributed by atoms with van der Waals surface area (Å²) in [4.78, 5) is 15.8. The Morgan fingerprint density at radius 3 is 3.06 bits per heavy atom. The lowest BCUT2D eigenvalue weighted by atomic mass is 10.0. The Hall–Kier alpha value is -1.62. The van der Waals surface area contributed by atoms with Crippen molar-refractivity contribution in [2.45, 2.75) is 32.9 Å². The van der Waals surface area contributed by atoms with E-state index in [1.54, 1.807) is 18.3 Å². The molecule has 2 N–H and O–H groups in total. The fourth-order valence-electron chi connectivity index (χ4n) is 1.75. The van der Waals surface area contributed by atoms with E-state index in [2.05, 4.69) is 18.8 Å². The molecule has 5 nitrogen and oxygen atoms in total. The predicted molar refractivity (Wildman–Crippen MR) is 65.7 cm³/mol. The zero-order valence-electron chi connectivity index (χ0n) is 10.1. The molecule has 2 heterocycles. The summed E-state index contributed by atoms with van der Waals surface area (Å²) < 4.78 is 6.61. The van der Waals surface area contributed by atoms with E-state index in [0.29, 0.717) is 23.7 Å². The third-order valence-electron chi connectivity index (χ3n) is 3.19. The first-order chi connectivity index (χ1) is 8.13. The molecule has 0 aliphatic heterocycles. The van der Waals surface area contributed by atoms with Crippen molar-refractivity contribution in [3.05, 3.63) is 28.9 Å². The lowest BCUT2D eigenvalue weighted by Gasteiger charge is -2.17. The predicted octanol–water partition coefficient (Wildman–Crippen LogP) is 1.36. The molecule has 2 aromatic rings. The van der Waals surface area contributed by atoms with E-state index < -0.39 is 5.76 Å². The van der Waals surface area contributed by atoms with Gasteiger partial charge < -0.3 is 10.2 Å². The Kier molecular flexibility index (Phi) is 3.28. The highest BCUT2D eigenvalue weighted by Gasteiger charge is 2.16. The van der Waals surface area contributed by atoms with Gasteiger partial charge in [-0.25, -0.2) is 9.78 Å². The fraction of sp³-hybridized carbons (Fsp3) is 0.500. The molecule has 0 aliphatic rings. The molecule has 5 heteroatoms. The molecule has 0 saturated carbocycles. The van der Waals surface area contributed by atoms with Gasteiger partial charge in [0.05, 0.1) is 0 Å². The summed E-state index contributed by atoms with van der Waals surface area (Å²) in [6.07, 6.45) is 2.63. The van der Waals surface area contributed by atoms with Gasteiger partial charge in [-0.1, -0.05) is 20.3 Å². The molecule has 17 heavy (non-hydrogen) atoms. The molecule has 92 valence electrons. The molecule has 0 saturated heterocycles. The first kappa shape index (κ1) is 11.9. The van der Waals surface area contributed by atoms with Gasteiger partial charge in [-0.15, -0.1) is 0 Å². The van der Waals surface area contributed by atoms with Crippen molar-refractivity contribution in [2.24, 2.45) is 11.7 Å². The van der Waals surface area contributed by atoms with Gasteiger partial charge >= 0.3 is 5.76 Å². The van der Waals surface area contributed by atoms with Crippen molar-refractivity contribution < 1.29 is 4.42 Å². The maximum absolute atomic E-state index is 11.7. The van der Waals surface area contributed by atoms with Crippen LogP contribution in [0.2, 0.25) is 0 Å². The highest BCUT2D eigenvalue weighted by Crippen LogP contribution is 2.12. The molecule has 0 aliphatic carbocycles. The zero-order chi connectivity index (χ0) is 12.4. The molecule has 2 unspecified atom stereocenters. The molecule has 0 bridgehead atoms. The maximum atomic E-state index is 11.7. The van der Waals surface area contributed by atoms with Gasteiger partial charge in [-0.3, -0.25) is 4.57 Å². The second-order valence-electron chi connectivity index (χ2n) is 4.35. The van der Waals surface area contributed by atoms with Crippen molar-refractivity contribution in [2.75, 3.05) is 0 Å². The Balaban J connectivity index is 2.35. The van der Waals surface area contributed by atoms with Crippen LogP contribution in [0.4, 0.5) is 0 Å². The van der Waals surface area contributed by atoms with E-state index in [4.69, 9.17) is 10.2 Å². The van der Waals surface area contributed by atoms with Crippen LogP contribution in [0, 0.1) is 5.92 Å². The fourth-order valence-corrected chi connectivity index (χ4v) is 1.75. The van der Waals surface area contributed by atoms with E-state index in [1.807, 2.05) is 0 Å². The van der Waals surface area contributed by atoms with E-state index in [-0.39, 0.29) is 6.04 Å². The highest BCUT2D eigenvalue weighted by atomic mass is 16.4. The van der Waals surface area contributed by atoms with Crippen LogP contribution in [0.25, 0.3) is 11.2 Å². The van der Waals surface area contributed by atoms with Gasteiger partial charge in [0.2, 0.25) is 0 Å². The second kappa shape index (κ2) is 4.71. The number of oxazole rings is 1. The van der Waals surface area contributed by atoms with Crippen molar-refractivity contribution in [1.29, 1.82) is 0 Å². The molecule has 2 atom stereocenters. The van der Waals surface area contributed by atoms with Gasteiger partial charge in [0.25, 0.3) is 0 Å². The summed E-state index contributed by atoms with van der Waals surface area (Å²) in [5.74, 6) is -0.0342. The average Bonchev–Trinajstić information content (AvgIpc) is 2.65. The molecular weight excluding hydrogens is 218 g/mol. The van der Waals surface area contributed by atoms with Gasteiger partial charge in [-0.2, -0.15) is 0 Å². The van der Waals surface area contributed by atoms with Crippen LogP contribution in [0.1, 0.15) is 20.3 Å². The summed E-state index contributed by atoms with van der Waals surface area (Å²) >= 11 is 0. The van der Waals surface area contributed by atoms with Crippen LogP contribution in [0.15, 0.2) is 27.5 Å². The Morgan fingerprint density at radius 2 is 2.35 bits per heavy atom. The number of hydrogen-bond donors (Lipinski definition) is 1. The number of rotatable bonds is 4. The van der Waals surface area contributed by atoms with Crippen LogP contribution in [-0.2, 0) is 6.54 Å². The van der Waals surface area contributed by atoms with Crippen LogP contribution >= 0.6 is 0 Å². The number of nitrogens with two attached hydrogens (primary N) is 1. The molecule has 0 spiro atoms. The van der Waals surface area contributed by atoms with Crippen LogP contribution < -0.4 is 11.5 Å². The summed E-state index contributed by atoms with van der Waals surface area (Å²) in [7, 11) is 0. The first-order valence-electron chi connectivity index (χ1n) is 5.83. The van der Waals surface area contributed by atoms with E-state index in [9.17, 15) is 4.79 Å². The van der Waals surface area contributed by atoms with Crippen LogP contribution in [0.3, 0.4) is 0 Å². The number of aromatic nitrogens is 2. The second-order valence-corrected chi connectivity index (χ2v) is 4.35. The molecule has 0 radical (unpaired) electrons. The van der Waals surface area contributed by atoms with Gasteiger partial charge in [0.15, 0.2) is 11.2 Å². The summed E-state index contributed by atoms with van der Waals surface area (Å²) in [6, 6.07) is 3.40. The summed E-state index contributed by atoms with van der Waals surface area (Å²) in [5, 5.41) is 0. The molecule has 0 aromatic carbocycles. The minimum atomic E-state index is -0.391. The van der Waals surface area contributed by atoms with E-state index in [0.717, 1.165) is 6.42 Å². The van der Waals surface area contributed by atoms with Gasteiger partial charge in [0, 0.05) is 18.8 Å². The summed E-state index contributed by atoms with van der Waals surface area (Å²) in [6.45, 7) is 4.60. The van der Waals surface area contributed by atoms with E-state index in [1.165, 1.54) is 4.57 Å². The van der Waals surface area contributed by atoms with Crippen LogP contribution in [-0.4, -0.2) is 15.6 Å². The minimum Gasteiger partial charge on any atom is -0.406 e. The van der Waals surface area contributed by atoms with Crippen molar-refractivity contribution in [1.82, 2.24) is 9.55 Å². The molecule has 0 fully saturated rings. The third-order valence-corrected chi connectivity index (χ3v) is 3.19. The number of nitrogens with zero attached hydrogens (tertiary/aromatic N) is 2. The first-order valence-corrected chi connectivity index (χ1v) is 5.83. The maximum Gasteiger partial charge on any atom is 0.421 e. The topological polar surface area (TPSA) is 74.0 Å².